The van der Waals surface area contributed by atoms with Crippen molar-refractivity contribution in [2.75, 3.05) is 18.5 Å². The number of carbonyl (C=O) groups is 2. The number of halogens is 2. The third kappa shape index (κ3) is 3.70. The molecule has 1 aromatic rings. The molecule has 0 atom stereocenters. The minimum absolute atomic E-state index is 0.181. The molecule has 0 aromatic heterocycles. The smallest absolute Gasteiger partial charge is 0.329 e. The number of carbonyl (C=O) groups excluding carboxylic acids is 1. The first-order valence-corrected chi connectivity index (χ1v) is 7.08. The molecule has 1 aliphatic heterocycles. The Labute approximate surface area is 128 Å². The molecule has 114 valence electrons. The highest BCUT2D eigenvalue weighted by Crippen LogP contribution is 2.24. The highest BCUT2D eigenvalue weighted by molar-refractivity contribution is 9.10. The molecular weight excluding hydrogens is 347 g/mol. The molecule has 1 heterocycles. The second kappa shape index (κ2) is 6.40. The second-order valence-corrected chi connectivity index (χ2v) is 5.56. The first-order valence-electron chi connectivity index (χ1n) is 6.28. The number of ether oxygens (including phenoxy) is 1. The van der Waals surface area contributed by atoms with E-state index < -0.39 is 23.4 Å². The number of carboxylic acids is 1. The normalized spacial score (nSPS) is 17.0. The average molecular weight is 361 g/mol. The molecule has 1 aliphatic rings. The van der Waals surface area contributed by atoms with Gasteiger partial charge in [-0.25, -0.2) is 14.0 Å². The Morgan fingerprint density at radius 2 is 2.00 bits per heavy atom. The van der Waals surface area contributed by atoms with E-state index >= 15 is 0 Å². The predicted molar refractivity (Wildman–Crippen MR) is 76.7 cm³/mol. The van der Waals surface area contributed by atoms with Crippen LogP contribution in [-0.2, 0) is 9.53 Å². The van der Waals surface area contributed by atoms with Gasteiger partial charge in [-0.1, -0.05) is 0 Å². The zero-order valence-electron chi connectivity index (χ0n) is 11.0. The lowest BCUT2D eigenvalue weighted by molar-refractivity contribution is -0.148. The van der Waals surface area contributed by atoms with Gasteiger partial charge >= 0.3 is 12.0 Å². The fourth-order valence-corrected chi connectivity index (χ4v) is 2.42. The van der Waals surface area contributed by atoms with Crippen LogP contribution < -0.4 is 10.6 Å². The Hall–Kier alpha value is -1.67. The van der Waals surface area contributed by atoms with Crippen molar-refractivity contribution in [3.8, 4) is 0 Å². The van der Waals surface area contributed by atoms with Crippen molar-refractivity contribution in [2.24, 2.45) is 0 Å². The van der Waals surface area contributed by atoms with Crippen LogP contribution in [0.3, 0.4) is 0 Å². The second-order valence-electron chi connectivity index (χ2n) is 4.70. The highest BCUT2D eigenvalue weighted by Gasteiger charge is 2.41. The maximum atomic E-state index is 13.2. The van der Waals surface area contributed by atoms with E-state index in [4.69, 9.17) is 4.74 Å². The molecule has 2 rings (SSSR count). The lowest BCUT2D eigenvalue weighted by Crippen LogP contribution is -2.58. The van der Waals surface area contributed by atoms with Gasteiger partial charge in [-0.3, -0.25) is 0 Å². The number of carboxylic acid groups (broad SMARTS) is 1. The molecule has 8 heteroatoms. The molecule has 3 N–H and O–H groups in total. The maximum Gasteiger partial charge on any atom is 0.329 e. The fourth-order valence-electron chi connectivity index (χ4n) is 2.08. The standard InChI is InChI=1S/C13H14BrFN2O4/c14-9-2-1-8(15)7-10(9)16-12(20)17-13(11(18)19)3-5-21-6-4-13/h1-2,7H,3-6H2,(H,18,19)(H2,16,17,20). The monoisotopic (exact) mass is 360 g/mol. The molecule has 1 fully saturated rings. The molecule has 0 saturated carbocycles. The topological polar surface area (TPSA) is 87.7 Å². The van der Waals surface area contributed by atoms with Crippen LogP contribution in [-0.4, -0.2) is 35.9 Å². The average Bonchev–Trinajstić information content (AvgIpc) is 2.43. The first kappa shape index (κ1) is 15.7. The Morgan fingerprint density at radius 3 is 2.62 bits per heavy atom. The number of aliphatic carboxylic acids is 1. The van der Waals surface area contributed by atoms with Gasteiger partial charge in [-0.2, -0.15) is 0 Å². The summed E-state index contributed by atoms with van der Waals surface area (Å²) in [5, 5.41) is 14.2. The summed E-state index contributed by atoms with van der Waals surface area (Å²) in [6.07, 6.45) is 0.361. The van der Waals surface area contributed by atoms with Crippen LogP contribution in [0.1, 0.15) is 12.8 Å². The highest BCUT2D eigenvalue weighted by atomic mass is 79.9. The van der Waals surface area contributed by atoms with E-state index in [1.165, 1.54) is 12.1 Å². The quantitative estimate of drug-likeness (QED) is 0.771. The van der Waals surface area contributed by atoms with Gasteiger partial charge in [0.1, 0.15) is 11.4 Å². The van der Waals surface area contributed by atoms with Crippen molar-refractivity contribution in [3.05, 3.63) is 28.5 Å². The summed E-state index contributed by atoms with van der Waals surface area (Å²) in [5.41, 5.74) is -1.14. The van der Waals surface area contributed by atoms with Crippen molar-refractivity contribution < 1.29 is 23.8 Å². The van der Waals surface area contributed by atoms with Gasteiger partial charge in [0.05, 0.1) is 5.69 Å². The largest absolute Gasteiger partial charge is 0.480 e. The Morgan fingerprint density at radius 1 is 1.33 bits per heavy atom. The molecule has 0 radical (unpaired) electrons. The summed E-state index contributed by atoms with van der Waals surface area (Å²) in [6, 6.07) is 3.13. The van der Waals surface area contributed by atoms with Crippen molar-refractivity contribution in [1.82, 2.24) is 5.32 Å². The zero-order chi connectivity index (χ0) is 15.5. The number of rotatable bonds is 3. The SMILES string of the molecule is O=C(Nc1cc(F)ccc1Br)NC1(C(=O)O)CCOCC1. The molecule has 0 aliphatic carbocycles. The van der Waals surface area contributed by atoms with E-state index in [0.29, 0.717) is 4.47 Å². The lowest BCUT2D eigenvalue weighted by atomic mass is 9.90. The van der Waals surface area contributed by atoms with Crippen LogP contribution in [0, 0.1) is 5.82 Å². The number of hydrogen-bond acceptors (Lipinski definition) is 3. The van der Waals surface area contributed by atoms with Crippen LogP contribution in [0.2, 0.25) is 0 Å². The van der Waals surface area contributed by atoms with Crippen LogP contribution >= 0.6 is 15.9 Å². The summed E-state index contributed by atoms with van der Waals surface area (Å²) >= 11 is 3.18. The fraction of sp³-hybridized carbons (Fsp3) is 0.385. The third-order valence-corrected chi connectivity index (χ3v) is 3.98. The number of nitrogens with one attached hydrogen (secondary N) is 2. The summed E-state index contributed by atoms with van der Waals surface area (Å²) < 4.78 is 18.8. The molecule has 0 spiro atoms. The van der Waals surface area contributed by atoms with Crippen molar-refractivity contribution in [2.45, 2.75) is 18.4 Å². The number of anilines is 1. The number of hydrogen-bond donors (Lipinski definition) is 3. The van der Waals surface area contributed by atoms with Gasteiger partial charge in [0, 0.05) is 30.5 Å². The molecule has 1 saturated heterocycles. The molecule has 2 amide bonds. The minimum Gasteiger partial charge on any atom is -0.480 e. The van der Waals surface area contributed by atoms with E-state index in [0.717, 1.165) is 6.07 Å². The van der Waals surface area contributed by atoms with Crippen molar-refractivity contribution in [3.63, 3.8) is 0 Å². The molecule has 6 nitrogen and oxygen atoms in total. The number of benzene rings is 1. The summed E-state index contributed by atoms with van der Waals surface area (Å²) in [7, 11) is 0. The van der Waals surface area contributed by atoms with Gasteiger partial charge < -0.3 is 20.5 Å². The molecule has 0 bridgehead atoms. The van der Waals surface area contributed by atoms with Crippen LogP contribution in [0.15, 0.2) is 22.7 Å². The van der Waals surface area contributed by atoms with Gasteiger partial charge in [0.2, 0.25) is 0 Å². The van der Waals surface area contributed by atoms with Crippen molar-refractivity contribution >= 4 is 33.6 Å². The van der Waals surface area contributed by atoms with Gasteiger partial charge in [-0.15, -0.1) is 0 Å². The molecule has 0 unspecified atom stereocenters. The van der Waals surface area contributed by atoms with Gasteiger partial charge in [0.15, 0.2) is 0 Å². The number of urea groups is 1. The Balaban J connectivity index is 2.09. The van der Waals surface area contributed by atoms with Crippen molar-refractivity contribution in [1.29, 1.82) is 0 Å². The minimum atomic E-state index is -1.36. The van der Waals surface area contributed by atoms with E-state index in [1.807, 2.05) is 0 Å². The summed E-state index contributed by atoms with van der Waals surface area (Å²) in [4.78, 5) is 23.4. The molecule has 21 heavy (non-hydrogen) atoms. The van der Waals surface area contributed by atoms with E-state index in [9.17, 15) is 19.1 Å². The summed E-state index contributed by atoms with van der Waals surface area (Å²) in [5.74, 6) is -1.62. The van der Waals surface area contributed by atoms with E-state index in [1.54, 1.807) is 0 Å². The molecule has 1 aromatic carbocycles. The Kier molecular flexibility index (Phi) is 4.79. The van der Waals surface area contributed by atoms with Gasteiger partial charge in [0.25, 0.3) is 0 Å². The van der Waals surface area contributed by atoms with Crippen LogP contribution in [0.25, 0.3) is 0 Å². The zero-order valence-corrected chi connectivity index (χ0v) is 12.6. The van der Waals surface area contributed by atoms with Gasteiger partial charge in [-0.05, 0) is 34.1 Å². The third-order valence-electron chi connectivity index (χ3n) is 3.29. The van der Waals surface area contributed by atoms with Crippen LogP contribution in [0.5, 0.6) is 0 Å². The maximum absolute atomic E-state index is 13.2. The predicted octanol–water partition coefficient (Wildman–Crippen LogP) is 2.34. The van der Waals surface area contributed by atoms with Crippen LogP contribution in [0.4, 0.5) is 14.9 Å². The molecular formula is C13H14BrFN2O4. The van der Waals surface area contributed by atoms with E-state index in [-0.39, 0.29) is 31.7 Å². The van der Waals surface area contributed by atoms with E-state index in [2.05, 4.69) is 26.6 Å². The first-order chi connectivity index (χ1) is 9.93. The summed E-state index contributed by atoms with van der Waals surface area (Å²) in [6.45, 7) is 0.520. The number of amides is 2. The lowest BCUT2D eigenvalue weighted by Gasteiger charge is -2.33. The Bertz CT molecular complexity index is 561.